The van der Waals surface area contributed by atoms with Crippen molar-refractivity contribution in [1.82, 2.24) is 14.5 Å². The van der Waals surface area contributed by atoms with Gasteiger partial charge >= 0.3 is 11.8 Å². The summed E-state index contributed by atoms with van der Waals surface area (Å²) >= 11 is 0. The Bertz CT molecular complexity index is 963. The molecule has 3 atom stereocenters. The molecule has 3 N–H and O–H groups in total. The Morgan fingerprint density at radius 2 is 2.13 bits per heavy atom. The first-order valence-electron chi connectivity index (χ1n) is 8.94. The molecule has 30 heavy (non-hydrogen) atoms. The summed E-state index contributed by atoms with van der Waals surface area (Å²) in [5.74, 6) is -0.270. The van der Waals surface area contributed by atoms with Crippen molar-refractivity contribution >= 4 is 17.7 Å². The Morgan fingerprint density at radius 1 is 1.40 bits per heavy atom. The van der Waals surface area contributed by atoms with Gasteiger partial charge in [-0.2, -0.15) is 4.98 Å². The van der Waals surface area contributed by atoms with Crippen molar-refractivity contribution in [3.05, 3.63) is 56.8 Å². The maximum atomic E-state index is 12.1. The number of anilines is 1. The highest BCUT2D eigenvalue weighted by molar-refractivity contribution is 5.82. The zero-order valence-electron chi connectivity index (χ0n) is 15.6. The first kappa shape index (κ1) is 21.3. The van der Waals surface area contributed by atoms with Crippen LogP contribution in [0.5, 0.6) is 0 Å². The van der Waals surface area contributed by atoms with Crippen molar-refractivity contribution in [2.45, 2.75) is 31.3 Å². The molecule has 0 spiro atoms. The minimum atomic E-state index is -0.921. The summed E-state index contributed by atoms with van der Waals surface area (Å²) in [6, 6.07) is 5.83. The van der Waals surface area contributed by atoms with E-state index in [2.05, 4.69) is 15.3 Å². The molecule has 160 valence electrons. The molecule has 1 aliphatic heterocycles. The zero-order chi connectivity index (χ0) is 21.7. The Morgan fingerprint density at radius 3 is 2.73 bits per heavy atom. The molecule has 1 aromatic carbocycles. The van der Waals surface area contributed by atoms with Crippen LogP contribution in [-0.4, -0.2) is 61.2 Å². The predicted octanol–water partition coefficient (Wildman–Crippen LogP) is -0.0216. The number of nitrogens with zero attached hydrogens (tertiary/aromatic N) is 4. The average molecular weight is 421 g/mol. The second kappa shape index (κ2) is 9.39. The van der Waals surface area contributed by atoms with Gasteiger partial charge in [-0.15, -0.1) is 0 Å². The van der Waals surface area contributed by atoms with Crippen LogP contribution in [0.3, 0.4) is 0 Å². The number of hydrogen-bond donors (Lipinski definition) is 3. The fourth-order valence-corrected chi connectivity index (χ4v) is 2.82. The minimum Gasteiger partial charge on any atom is -0.449 e. The molecule has 13 heteroatoms. The first-order chi connectivity index (χ1) is 14.4. The normalized spacial score (nSPS) is 20.7. The lowest BCUT2D eigenvalue weighted by Gasteiger charge is -2.14. The fourth-order valence-electron chi connectivity index (χ4n) is 2.82. The molecular formula is C17H19N5O8. The van der Waals surface area contributed by atoms with Gasteiger partial charge in [0.15, 0.2) is 0 Å². The molecule has 2 heterocycles. The SMILES string of the molecule is O=C(Nc1ncn([C@H]2CC(O)[C@@H](CO)O2)c(=O)n1)OCCc1ccc([N+](=O)[O-])cc1. The van der Waals surface area contributed by atoms with Crippen LogP contribution >= 0.6 is 0 Å². The average Bonchev–Trinajstić information content (AvgIpc) is 3.09. The van der Waals surface area contributed by atoms with Crippen molar-refractivity contribution in [2.24, 2.45) is 0 Å². The topological polar surface area (TPSA) is 179 Å². The third-order valence-electron chi connectivity index (χ3n) is 4.41. The van der Waals surface area contributed by atoms with Gasteiger partial charge in [-0.3, -0.25) is 20.0 Å². The van der Waals surface area contributed by atoms with Gasteiger partial charge in [0.2, 0.25) is 5.95 Å². The lowest BCUT2D eigenvalue weighted by atomic mass is 10.1. The number of nitrogens with one attached hydrogen (secondary N) is 1. The molecule has 0 aliphatic carbocycles. The van der Waals surface area contributed by atoms with E-state index in [1.165, 1.54) is 12.1 Å². The maximum Gasteiger partial charge on any atom is 0.414 e. The summed E-state index contributed by atoms with van der Waals surface area (Å²) in [6.45, 7) is -0.393. The van der Waals surface area contributed by atoms with E-state index in [4.69, 9.17) is 14.6 Å². The number of nitro benzene ring substituents is 1. The standard InChI is InChI=1S/C17H19N5O8/c23-8-13-12(24)7-14(30-13)21-9-18-15(19-16(21)25)20-17(26)29-6-5-10-1-3-11(4-2-10)22(27)28/h1-4,9,12-14,23-24H,5-8H2,(H,19,20,25,26)/t12?,13-,14-/m1/s1. The van der Waals surface area contributed by atoms with E-state index in [1.54, 1.807) is 12.1 Å². The molecule has 2 aromatic rings. The van der Waals surface area contributed by atoms with Gasteiger partial charge in [0, 0.05) is 25.0 Å². The van der Waals surface area contributed by atoms with Crippen molar-refractivity contribution < 1.29 is 29.4 Å². The molecule has 0 radical (unpaired) electrons. The van der Waals surface area contributed by atoms with Gasteiger partial charge in [-0.1, -0.05) is 12.1 Å². The third kappa shape index (κ3) is 5.14. The number of aliphatic hydroxyl groups excluding tert-OH is 2. The number of hydrogen-bond acceptors (Lipinski definition) is 10. The van der Waals surface area contributed by atoms with E-state index in [0.717, 1.165) is 16.5 Å². The molecule has 13 nitrogen and oxygen atoms in total. The lowest BCUT2D eigenvalue weighted by Crippen LogP contribution is -2.30. The quantitative estimate of drug-likeness (QED) is 0.406. The van der Waals surface area contributed by atoms with Crippen molar-refractivity contribution in [3.63, 3.8) is 0 Å². The van der Waals surface area contributed by atoms with Crippen LogP contribution in [0.1, 0.15) is 18.2 Å². The molecule has 3 rings (SSSR count). The summed E-state index contributed by atoms with van der Waals surface area (Å²) in [7, 11) is 0. The molecule has 1 amide bonds. The largest absolute Gasteiger partial charge is 0.449 e. The van der Waals surface area contributed by atoms with Gasteiger partial charge in [0.1, 0.15) is 18.7 Å². The lowest BCUT2D eigenvalue weighted by molar-refractivity contribution is -0.384. The minimum absolute atomic E-state index is 0.00292. The molecule has 1 aromatic heterocycles. The Labute approximate surface area is 169 Å². The number of ether oxygens (including phenoxy) is 2. The van der Waals surface area contributed by atoms with Crippen LogP contribution < -0.4 is 11.0 Å². The van der Waals surface area contributed by atoms with Crippen molar-refractivity contribution in [3.8, 4) is 0 Å². The van der Waals surface area contributed by atoms with Gasteiger partial charge in [0.05, 0.1) is 24.2 Å². The summed E-state index contributed by atoms with van der Waals surface area (Å²) < 4.78 is 11.4. The number of amides is 1. The highest BCUT2D eigenvalue weighted by Gasteiger charge is 2.35. The Balaban J connectivity index is 1.50. The number of nitro groups is 1. The van der Waals surface area contributed by atoms with E-state index >= 15 is 0 Å². The maximum absolute atomic E-state index is 12.1. The van der Waals surface area contributed by atoms with Crippen LogP contribution in [0, 0.1) is 10.1 Å². The number of aliphatic hydroxyl groups is 2. The predicted molar refractivity (Wildman–Crippen MR) is 99.7 cm³/mol. The van der Waals surface area contributed by atoms with Crippen LogP contribution in [0.25, 0.3) is 0 Å². The molecule has 0 saturated carbocycles. The molecule has 1 aliphatic rings. The van der Waals surface area contributed by atoms with Gasteiger partial charge in [0.25, 0.3) is 5.69 Å². The van der Waals surface area contributed by atoms with Gasteiger partial charge in [-0.05, 0) is 5.56 Å². The van der Waals surface area contributed by atoms with Crippen LogP contribution in [-0.2, 0) is 15.9 Å². The molecule has 1 fully saturated rings. The number of carbonyl (C=O) groups excluding carboxylic acids is 1. The number of benzene rings is 1. The van der Waals surface area contributed by atoms with Gasteiger partial charge < -0.3 is 19.7 Å². The van der Waals surface area contributed by atoms with Crippen LogP contribution in [0.4, 0.5) is 16.4 Å². The summed E-state index contributed by atoms with van der Waals surface area (Å²) in [5, 5.41) is 31.7. The zero-order valence-corrected chi connectivity index (χ0v) is 15.6. The number of rotatable bonds is 7. The smallest absolute Gasteiger partial charge is 0.414 e. The molecular weight excluding hydrogens is 402 g/mol. The van der Waals surface area contributed by atoms with E-state index in [9.17, 15) is 24.8 Å². The van der Waals surface area contributed by atoms with Crippen molar-refractivity contribution in [1.29, 1.82) is 0 Å². The highest BCUT2D eigenvalue weighted by Crippen LogP contribution is 2.27. The third-order valence-corrected chi connectivity index (χ3v) is 4.41. The second-order valence-electron chi connectivity index (χ2n) is 6.42. The number of aromatic nitrogens is 3. The summed E-state index contributed by atoms with van der Waals surface area (Å²) in [4.78, 5) is 41.5. The van der Waals surface area contributed by atoms with Gasteiger partial charge in [-0.25, -0.2) is 14.6 Å². The summed E-state index contributed by atoms with van der Waals surface area (Å²) in [6.07, 6.45) is -1.89. The Hall–Kier alpha value is -3.42. The van der Waals surface area contributed by atoms with Crippen molar-refractivity contribution in [2.75, 3.05) is 18.5 Å². The first-order valence-corrected chi connectivity index (χ1v) is 8.94. The molecule has 1 saturated heterocycles. The number of non-ortho nitro benzene ring substituents is 1. The molecule has 0 bridgehead atoms. The fraction of sp³-hybridized carbons (Fsp3) is 0.412. The van der Waals surface area contributed by atoms with E-state index < -0.39 is 41.7 Å². The molecule has 1 unspecified atom stereocenters. The summed E-state index contributed by atoms with van der Waals surface area (Å²) in [5.41, 5.74) is -0.0529. The van der Waals surface area contributed by atoms with Crippen LogP contribution in [0.2, 0.25) is 0 Å². The number of carbonyl (C=O) groups is 1. The van der Waals surface area contributed by atoms with E-state index in [-0.39, 0.29) is 24.7 Å². The highest BCUT2D eigenvalue weighted by atomic mass is 16.6. The van der Waals surface area contributed by atoms with E-state index in [0.29, 0.717) is 6.42 Å². The Kier molecular flexibility index (Phi) is 6.66. The van der Waals surface area contributed by atoms with E-state index in [1.807, 2.05) is 0 Å². The van der Waals surface area contributed by atoms with Crippen LogP contribution in [0.15, 0.2) is 35.4 Å². The second-order valence-corrected chi connectivity index (χ2v) is 6.42. The monoisotopic (exact) mass is 421 g/mol.